The SMILES string of the molecule is N#Cc1ccc(CCNCC(C(=O)Nc2ccn(C3CCOCC3)n2)c2ccccc2)cc1. The van der Waals surface area contributed by atoms with Gasteiger partial charge in [-0.25, -0.2) is 0 Å². The van der Waals surface area contributed by atoms with E-state index in [1.165, 1.54) is 0 Å². The maximum absolute atomic E-state index is 13.2. The molecule has 1 saturated heterocycles. The highest BCUT2D eigenvalue weighted by Gasteiger charge is 2.22. The zero-order valence-corrected chi connectivity index (χ0v) is 18.6. The Kier molecular flexibility index (Phi) is 7.85. The third-order valence-electron chi connectivity index (χ3n) is 5.96. The van der Waals surface area contributed by atoms with Crippen molar-refractivity contribution in [3.63, 3.8) is 0 Å². The predicted octanol–water partition coefficient (Wildman–Crippen LogP) is 3.66. The Morgan fingerprint density at radius 1 is 1.12 bits per heavy atom. The number of benzene rings is 2. The van der Waals surface area contributed by atoms with Gasteiger partial charge >= 0.3 is 0 Å². The summed E-state index contributed by atoms with van der Waals surface area (Å²) in [6, 6.07) is 21.7. The lowest BCUT2D eigenvalue weighted by Crippen LogP contribution is -2.32. The average molecular weight is 444 g/mol. The Balaban J connectivity index is 1.35. The van der Waals surface area contributed by atoms with Crippen LogP contribution in [-0.4, -0.2) is 42.0 Å². The van der Waals surface area contributed by atoms with Crippen molar-refractivity contribution >= 4 is 11.7 Å². The Morgan fingerprint density at radius 3 is 2.61 bits per heavy atom. The lowest BCUT2D eigenvalue weighted by atomic mass is 9.98. The van der Waals surface area contributed by atoms with E-state index in [1.807, 2.05) is 71.5 Å². The van der Waals surface area contributed by atoms with Gasteiger partial charge in [-0.3, -0.25) is 9.48 Å². The third kappa shape index (κ3) is 6.28. The molecule has 0 spiro atoms. The number of carbonyl (C=O) groups is 1. The summed E-state index contributed by atoms with van der Waals surface area (Å²) in [4.78, 5) is 13.2. The highest BCUT2D eigenvalue weighted by atomic mass is 16.5. The Morgan fingerprint density at radius 2 is 1.88 bits per heavy atom. The molecule has 0 aliphatic carbocycles. The first-order chi connectivity index (χ1) is 16.2. The molecule has 0 radical (unpaired) electrons. The van der Waals surface area contributed by atoms with Crippen molar-refractivity contribution in [3.05, 3.63) is 83.6 Å². The van der Waals surface area contributed by atoms with Crippen LogP contribution >= 0.6 is 0 Å². The zero-order chi connectivity index (χ0) is 22.9. The standard InChI is InChI=1S/C26H29N5O2/c27-18-21-8-6-20(7-9-21)10-14-28-19-24(22-4-2-1-3-5-22)26(32)29-25-11-15-31(30-25)23-12-16-33-17-13-23/h1-9,11,15,23-24,28H,10,12-14,16-17,19H2,(H,29,30,32). The molecule has 2 N–H and O–H groups in total. The van der Waals surface area contributed by atoms with Crippen LogP contribution in [0.5, 0.6) is 0 Å². The van der Waals surface area contributed by atoms with Crippen LogP contribution in [0.1, 0.15) is 41.5 Å². The number of hydrogen-bond acceptors (Lipinski definition) is 5. The smallest absolute Gasteiger partial charge is 0.234 e. The number of nitrogens with one attached hydrogen (secondary N) is 2. The minimum absolute atomic E-state index is 0.0794. The van der Waals surface area contributed by atoms with E-state index in [-0.39, 0.29) is 11.8 Å². The lowest BCUT2D eigenvalue weighted by molar-refractivity contribution is -0.117. The number of nitriles is 1. The highest BCUT2D eigenvalue weighted by Crippen LogP contribution is 2.22. The highest BCUT2D eigenvalue weighted by molar-refractivity contribution is 5.95. The van der Waals surface area contributed by atoms with Crippen molar-refractivity contribution in [2.75, 3.05) is 31.6 Å². The van der Waals surface area contributed by atoms with Gasteiger partial charge in [-0.15, -0.1) is 0 Å². The first-order valence-corrected chi connectivity index (χ1v) is 11.4. The molecule has 1 fully saturated rings. The van der Waals surface area contributed by atoms with Gasteiger partial charge in [0.15, 0.2) is 5.82 Å². The molecule has 3 aromatic rings. The van der Waals surface area contributed by atoms with Crippen LogP contribution in [0.3, 0.4) is 0 Å². The third-order valence-corrected chi connectivity index (χ3v) is 5.96. The largest absolute Gasteiger partial charge is 0.381 e. The summed E-state index contributed by atoms with van der Waals surface area (Å²) in [7, 11) is 0. The maximum atomic E-state index is 13.2. The van der Waals surface area contributed by atoms with Crippen LogP contribution in [0, 0.1) is 11.3 Å². The monoisotopic (exact) mass is 443 g/mol. The maximum Gasteiger partial charge on any atom is 0.234 e. The predicted molar refractivity (Wildman–Crippen MR) is 127 cm³/mol. The summed E-state index contributed by atoms with van der Waals surface area (Å²) in [5.74, 6) is 0.162. The minimum Gasteiger partial charge on any atom is -0.381 e. The lowest BCUT2D eigenvalue weighted by Gasteiger charge is -2.22. The summed E-state index contributed by atoms with van der Waals surface area (Å²) >= 11 is 0. The molecule has 7 heteroatoms. The van der Waals surface area contributed by atoms with E-state index in [0.29, 0.717) is 24.0 Å². The average Bonchev–Trinajstić information content (AvgIpc) is 3.34. The van der Waals surface area contributed by atoms with Crippen molar-refractivity contribution in [2.24, 2.45) is 0 Å². The number of nitrogens with zero attached hydrogens (tertiary/aromatic N) is 3. The van der Waals surface area contributed by atoms with Gasteiger partial charge in [-0.1, -0.05) is 42.5 Å². The van der Waals surface area contributed by atoms with Gasteiger partial charge < -0.3 is 15.4 Å². The molecule has 1 aliphatic heterocycles. The Labute approximate surface area is 194 Å². The van der Waals surface area contributed by atoms with Gasteiger partial charge in [0, 0.05) is 32.0 Å². The molecular formula is C26H29N5O2. The van der Waals surface area contributed by atoms with Gasteiger partial charge in [-0.05, 0) is 49.1 Å². The molecule has 170 valence electrons. The van der Waals surface area contributed by atoms with E-state index >= 15 is 0 Å². The van der Waals surface area contributed by atoms with Crippen LogP contribution in [0.15, 0.2) is 66.9 Å². The normalized spacial score (nSPS) is 15.0. The first kappa shape index (κ1) is 22.7. The topological polar surface area (TPSA) is 92.0 Å². The van der Waals surface area contributed by atoms with E-state index in [9.17, 15) is 4.79 Å². The van der Waals surface area contributed by atoms with Crippen molar-refractivity contribution < 1.29 is 9.53 Å². The van der Waals surface area contributed by atoms with Crippen molar-refractivity contribution in [2.45, 2.75) is 31.2 Å². The Hall–Kier alpha value is -3.47. The van der Waals surface area contributed by atoms with Crippen molar-refractivity contribution in [3.8, 4) is 6.07 Å². The van der Waals surface area contributed by atoms with E-state index in [1.54, 1.807) is 0 Å². The van der Waals surface area contributed by atoms with Crippen LogP contribution in [-0.2, 0) is 16.0 Å². The van der Waals surface area contributed by atoms with E-state index in [2.05, 4.69) is 21.8 Å². The fourth-order valence-corrected chi connectivity index (χ4v) is 4.04. The molecule has 33 heavy (non-hydrogen) atoms. The second-order valence-corrected chi connectivity index (χ2v) is 8.24. The van der Waals surface area contributed by atoms with E-state index in [0.717, 1.165) is 50.1 Å². The molecule has 7 nitrogen and oxygen atoms in total. The van der Waals surface area contributed by atoms with Crippen LogP contribution < -0.4 is 10.6 Å². The number of carbonyl (C=O) groups excluding carboxylic acids is 1. The molecular weight excluding hydrogens is 414 g/mol. The van der Waals surface area contributed by atoms with Crippen LogP contribution in [0.25, 0.3) is 0 Å². The minimum atomic E-state index is -0.333. The van der Waals surface area contributed by atoms with Crippen molar-refractivity contribution in [1.29, 1.82) is 5.26 Å². The van der Waals surface area contributed by atoms with Gasteiger partial charge in [-0.2, -0.15) is 10.4 Å². The summed E-state index contributed by atoms with van der Waals surface area (Å²) in [6.07, 6.45) is 4.62. The molecule has 1 aromatic heterocycles. The summed E-state index contributed by atoms with van der Waals surface area (Å²) < 4.78 is 7.36. The van der Waals surface area contributed by atoms with Gasteiger partial charge in [0.05, 0.1) is 23.6 Å². The zero-order valence-electron chi connectivity index (χ0n) is 18.6. The summed E-state index contributed by atoms with van der Waals surface area (Å²) in [5.41, 5.74) is 2.78. The fraction of sp³-hybridized carbons (Fsp3) is 0.346. The number of aromatic nitrogens is 2. The van der Waals surface area contributed by atoms with Crippen LogP contribution in [0.2, 0.25) is 0 Å². The first-order valence-electron chi connectivity index (χ1n) is 11.4. The number of amides is 1. The van der Waals surface area contributed by atoms with Gasteiger partial charge in [0.1, 0.15) is 0 Å². The number of rotatable bonds is 9. The van der Waals surface area contributed by atoms with Gasteiger partial charge in [0.25, 0.3) is 0 Å². The summed E-state index contributed by atoms with van der Waals surface area (Å²) in [6.45, 7) is 2.75. The fourth-order valence-electron chi connectivity index (χ4n) is 4.04. The molecule has 1 atom stereocenters. The molecule has 4 rings (SSSR count). The quantitative estimate of drug-likeness (QED) is 0.493. The van der Waals surface area contributed by atoms with Crippen molar-refractivity contribution in [1.82, 2.24) is 15.1 Å². The van der Waals surface area contributed by atoms with E-state index in [4.69, 9.17) is 10.00 Å². The molecule has 0 bridgehead atoms. The molecule has 2 heterocycles. The molecule has 1 unspecified atom stereocenters. The second kappa shape index (κ2) is 11.4. The van der Waals surface area contributed by atoms with Crippen LogP contribution in [0.4, 0.5) is 5.82 Å². The van der Waals surface area contributed by atoms with E-state index < -0.39 is 0 Å². The number of ether oxygens (including phenoxy) is 1. The number of anilines is 1. The number of hydrogen-bond donors (Lipinski definition) is 2. The molecule has 2 aromatic carbocycles. The second-order valence-electron chi connectivity index (χ2n) is 8.24. The van der Waals surface area contributed by atoms with Gasteiger partial charge in [0.2, 0.25) is 5.91 Å². The summed E-state index contributed by atoms with van der Waals surface area (Å²) in [5, 5.41) is 19.9. The molecule has 0 saturated carbocycles. The Bertz CT molecular complexity index is 1070. The molecule has 1 aliphatic rings. The molecule has 1 amide bonds.